The number of benzene rings is 8. The summed E-state index contributed by atoms with van der Waals surface area (Å²) in [5, 5.41) is 13.8. The monoisotopic (exact) mass is 704 g/mol. The minimum absolute atomic E-state index is 0.494. The van der Waals surface area contributed by atoms with Gasteiger partial charge in [0.15, 0.2) is 0 Å². The molecule has 0 bridgehead atoms. The van der Waals surface area contributed by atoms with Crippen LogP contribution in [-0.2, 0) is 0 Å². The van der Waals surface area contributed by atoms with E-state index in [1.165, 1.54) is 43.6 Å². The Hall–Kier alpha value is -7.50. The first kappa shape index (κ1) is 31.1. The molecule has 0 aliphatic rings. The van der Waals surface area contributed by atoms with Crippen LogP contribution in [0.2, 0.25) is 0 Å². The molecule has 0 amide bonds. The van der Waals surface area contributed by atoms with Crippen LogP contribution in [0, 0.1) is 0 Å². The molecule has 5 heteroatoms. The van der Waals surface area contributed by atoms with Crippen molar-refractivity contribution in [3.63, 3.8) is 0 Å². The van der Waals surface area contributed by atoms with Crippen LogP contribution in [-0.4, -0.2) is 19.3 Å². The maximum absolute atomic E-state index is 6.17. The number of rotatable bonds is 6. The van der Waals surface area contributed by atoms with Crippen LogP contribution in [0.3, 0.4) is 0 Å². The highest BCUT2D eigenvalue weighted by molar-refractivity contribution is 6.10. The normalized spacial score (nSPS) is 11.6. The molecule has 0 N–H and O–H groups in total. The number of hydrogen-bond donors (Lipinski definition) is 0. The van der Waals surface area contributed by atoms with E-state index in [2.05, 4.69) is 189 Å². The van der Waals surface area contributed by atoms with Gasteiger partial charge in [-0.15, -0.1) is 10.2 Å². The molecular weight excluding hydrogens is 673 g/mol. The minimum Gasteiger partial charge on any atom is -0.416 e. The van der Waals surface area contributed by atoms with E-state index in [4.69, 9.17) is 4.42 Å². The maximum atomic E-state index is 6.17. The van der Waals surface area contributed by atoms with Crippen LogP contribution in [0.25, 0.3) is 100 Å². The quantitative estimate of drug-likeness (QED) is 0.173. The van der Waals surface area contributed by atoms with Gasteiger partial charge in [-0.3, -0.25) is 0 Å². The second-order valence-electron chi connectivity index (χ2n) is 13.9. The summed E-state index contributed by atoms with van der Waals surface area (Å²) in [4.78, 5) is 0. The van der Waals surface area contributed by atoms with Crippen molar-refractivity contribution in [1.29, 1.82) is 0 Å². The van der Waals surface area contributed by atoms with Crippen molar-refractivity contribution >= 4 is 43.6 Å². The Balaban J connectivity index is 0.811. The number of nitrogens with zero attached hydrogens (tertiary/aromatic N) is 4. The Morgan fingerprint density at radius 2 is 0.527 bits per heavy atom. The van der Waals surface area contributed by atoms with Gasteiger partial charge in [0.1, 0.15) is 0 Å². The van der Waals surface area contributed by atoms with Gasteiger partial charge in [-0.1, -0.05) is 121 Å². The summed E-state index contributed by atoms with van der Waals surface area (Å²) < 4.78 is 10.8. The van der Waals surface area contributed by atoms with Crippen molar-refractivity contribution in [1.82, 2.24) is 19.3 Å². The molecule has 3 heterocycles. The summed E-state index contributed by atoms with van der Waals surface area (Å²) in [6, 6.07) is 68.5. The lowest BCUT2D eigenvalue weighted by atomic mass is 10.0. The molecule has 0 saturated heterocycles. The largest absolute Gasteiger partial charge is 0.416 e. The van der Waals surface area contributed by atoms with Gasteiger partial charge in [-0.05, 0) is 95.1 Å². The Labute approximate surface area is 317 Å². The van der Waals surface area contributed by atoms with Gasteiger partial charge in [0.25, 0.3) is 0 Å². The average Bonchev–Trinajstić information content (AvgIpc) is 3.98. The third-order valence-electron chi connectivity index (χ3n) is 10.8. The van der Waals surface area contributed by atoms with E-state index in [1.54, 1.807) is 0 Å². The molecule has 0 radical (unpaired) electrons. The van der Waals surface area contributed by atoms with Crippen molar-refractivity contribution in [2.75, 3.05) is 0 Å². The second kappa shape index (κ2) is 12.6. The van der Waals surface area contributed by atoms with Crippen LogP contribution in [0.4, 0.5) is 0 Å². The molecule has 0 saturated carbocycles. The van der Waals surface area contributed by atoms with E-state index in [1.807, 2.05) is 24.3 Å². The lowest BCUT2D eigenvalue weighted by molar-refractivity contribution is 0.584. The van der Waals surface area contributed by atoms with Crippen molar-refractivity contribution in [2.45, 2.75) is 0 Å². The fraction of sp³-hybridized carbons (Fsp3) is 0. The highest BCUT2D eigenvalue weighted by Gasteiger charge is 2.15. The van der Waals surface area contributed by atoms with Crippen LogP contribution >= 0.6 is 0 Å². The van der Waals surface area contributed by atoms with Crippen LogP contribution in [0.15, 0.2) is 199 Å². The molecule has 55 heavy (non-hydrogen) atoms. The number of fused-ring (bicyclic) bond motifs is 6. The molecule has 3 aromatic heterocycles. The third-order valence-corrected chi connectivity index (χ3v) is 10.8. The molecule has 0 aliphatic heterocycles. The first-order chi connectivity index (χ1) is 27.3. The molecule has 5 nitrogen and oxygen atoms in total. The van der Waals surface area contributed by atoms with Gasteiger partial charge < -0.3 is 13.6 Å². The molecule has 8 aromatic carbocycles. The maximum Gasteiger partial charge on any atom is 0.248 e. The van der Waals surface area contributed by atoms with E-state index in [-0.39, 0.29) is 0 Å². The van der Waals surface area contributed by atoms with E-state index < -0.39 is 0 Å². The molecule has 0 fully saturated rings. The van der Waals surface area contributed by atoms with E-state index in [0.29, 0.717) is 11.8 Å². The minimum atomic E-state index is 0.494. The van der Waals surface area contributed by atoms with Crippen molar-refractivity contribution in [3.8, 4) is 56.5 Å². The molecule has 0 spiro atoms. The average molecular weight is 705 g/mol. The first-order valence-corrected chi connectivity index (χ1v) is 18.5. The van der Waals surface area contributed by atoms with Crippen LogP contribution < -0.4 is 0 Å². The smallest absolute Gasteiger partial charge is 0.248 e. The fourth-order valence-electron chi connectivity index (χ4n) is 8.07. The Morgan fingerprint density at radius 3 is 0.836 bits per heavy atom. The van der Waals surface area contributed by atoms with Crippen molar-refractivity contribution in [3.05, 3.63) is 194 Å². The molecule has 11 aromatic rings. The Kier molecular flexibility index (Phi) is 7.10. The Bertz CT molecular complexity index is 2850. The zero-order valence-corrected chi connectivity index (χ0v) is 29.7. The predicted octanol–water partition coefficient (Wildman–Crippen LogP) is 12.9. The summed E-state index contributed by atoms with van der Waals surface area (Å²) in [7, 11) is 0. The van der Waals surface area contributed by atoms with Crippen LogP contribution in [0.5, 0.6) is 0 Å². The fourth-order valence-corrected chi connectivity index (χ4v) is 8.07. The lowest BCUT2D eigenvalue weighted by Gasteiger charge is -2.09. The van der Waals surface area contributed by atoms with Gasteiger partial charge in [0, 0.05) is 44.0 Å². The second-order valence-corrected chi connectivity index (χ2v) is 13.9. The van der Waals surface area contributed by atoms with E-state index in [9.17, 15) is 0 Å². The highest BCUT2D eigenvalue weighted by Crippen LogP contribution is 2.35. The predicted molar refractivity (Wildman–Crippen MR) is 225 cm³/mol. The number of hydrogen-bond acceptors (Lipinski definition) is 3. The van der Waals surface area contributed by atoms with Crippen molar-refractivity contribution < 1.29 is 4.42 Å². The van der Waals surface area contributed by atoms with Crippen molar-refractivity contribution in [2.24, 2.45) is 0 Å². The summed E-state index contributed by atoms with van der Waals surface area (Å²) in [6.07, 6.45) is 0. The summed E-state index contributed by atoms with van der Waals surface area (Å²) in [6.45, 7) is 0. The molecule has 0 unspecified atom stereocenters. The molecule has 0 aliphatic carbocycles. The Morgan fingerprint density at radius 1 is 0.273 bits per heavy atom. The number of aromatic nitrogens is 4. The van der Waals surface area contributed by atoms with Gasteiger partial charge >= 0.3 is 0 Å². The SMILES string of the molecule is c1ccc2c(c1)c1ccccc1n2-c1ccc(-c2ccc(-c3nnc(-c4ccc(-c5ccc(-n6c7ccccc7c7ccccc76)cc5)cc4)o3)cc2)cc1. The molecule has 0 atom stereocenters. The van der Waals surface area contributed by atoms with E-state index in [0.717, 1.165) is 44.8 Å². The summed E-state index contributed by atoms with van der Waals surface area (Å²) >= 11 is 0. The summed E-state index contributed by atoms with van der Waals surface area (Å²) in [5.74, 6) is 0.987. The molecule has 258 valence electrons. The zero-order valence-electron chi connectivity index (χ0n) is 29.7. The number of para-hydroxylation sites is 4. The van der Waals surface area contributed by atoms with Gasteiger partial charge in [-0.2, -0.15) is 0 Å². The highest BCUT2D eigenvalue weighted by atomic mass is 16.4. The standard InChI is InChI=1S/C50H32N4O/c1-5-13-45-41(9-1)42-10-2-6-14-46(42)53(45)39-29-25-35(26-30-39)33-17-21-37(22-18-33)49-51-52-50(55-49)38-23-19-34(20-24-38)36-27-31-40(32-28-36)54-47-15-7-3-11-43(47)44-12-4-8-16-48(44)54/h1-32H. The molecule has 11 rings (SSSR count). The topological polar surface area (TPSA) is 48.8 Å². The van der Waals surface area contributed by atoms with Gasteiger partial charge in [-0.25, -0.2) is 0 Å². The summed E-state index contributed by atoms with van der Waals surface area (Å²) in [5.41, 5.74) is 13.4. The zero-order chi connectivity index (χ0) is 36.3. The van der Waals surface area contributed by atoms with Crippen LogP contribution in [0.1, 0.15) is 0 Å². The van der Waals surface area contributed by atoms with Gasteiger partial charge in [0.05, 0.1) is 22.1 Å². The molecular formula is C50H32N4O. The lowest BCUT2D eigenvalue weighted by Crippen LogP contribution is -1.93. The van der Waals surface area contributed by atoms with E-state index >= 15 is 0 Å². The third kappa shape index (κ3) is 5.17. The van der Waals surface area contributed by atoms with Gasteiger partial charge in [0.2, 0.25) is 11.8 Å². The first-order valence-electron chi connectivity index (χ1n) is 18.5.